The third-order valence-electron chi connectivity index (χ3n) is 3.76. The predicted molar refractivity (Wildman–Crippen MR) is 55.7 cm³/mol. The van der Waals surface area contributed by atoms with E-state index in [0.717, 1.165) is 38.1 Å². The van der Waals surface area contributed by atoms with E-state index in [9.17, 15) is 4.79 Å². The highest BCUT2D eigenvalue weighted by Gasteiger charge is 2.39. The van der Waals surface area contributed by atoms with Gasteiger partial charge in [-0.2, -0.15) is 0 Å². The molecule has 0 radical (unpaired) electrons. The molecule has 0 aromatic rings. The molecule has 3 nitrogen and oxygen atoms in total. The number of hydrogen-bond acceptors (Lipinski definition) is 2. The van der Waals surface area contributed by atoms with Crippen LogP contribution in [0.15, 0.2) is 0 Å². The summed E-state index contributed by atoms with van der Waals surface area (Å²) in [6, 6.07) is 0. The number of hydrogen-bond donors (Lipinski definition) is 2. The molecule has 0 spiro atoms. The van der Waals surface area contributed by atoms with Crippen LogP contribution in [0.3, 0.4) is 0 Å². The van der Waals surface area contributed by atoms with E-state index in [1.165, 1.54) is 19.3 Å². The standard InChI is InChI=1S/C11H20N2O/c12-11(6-2-7-11)10(14)13-8-5-9-3-1-4-9/h9H,1-8,12H2,(H,13,14). The van der Waals surface area contributed by atoms with Crippen molar-refractivity contribution in [3.05, 3.63) is 0 Å². The summed E-state index contributed by atoms with van der Waals surface area (Å²) in [6.07, 6.45) is 8.05. The van der Waals surface area contributed by atoms with E-state index in [1.54, 1.807) is 0 Å². The summed E-state index contributed by atoms with van der Waals surface area (Å²) in [5, 5.41) is 2.96. The van der Waals surface area contributed by atoms with Crippen LogP contribution in [-0.2, 0) is 4.79 Å². The van der Waals surface area contributed by atoms with E-state index in [-0.39, 0.29) is 5.91 Å². The van der Waals surface area contributed by atoms with Crippen LogP contribution in [0.1, 0.15) is 44.9 Å². The van der Waals surface area contributed by atoms with Crippen molar-refractivity contribution in [2.75, 3.05) is 6.54 Å². The maximum atomic E-state index is 11.6. The van der Waals surface area contributed by atoms with Crippen LogP contribution in [0, 0.1) is 5.92 Å². The molecule has 0 aromatic heterocycles. The quantitative estimate of drug-likeness (QED) is 0.709. The molecule has 2 aliphatic rings. The average Bonchev–Trinajstić information content (AvgIpc) is 2.04. The number of nitrogens with two attached hydrogens (primary N) is 1. The van der Waals surface area contributed by atoms with Crippen molar-refractivity contribution < 1.29 is 4.79 Å². The summed E-state index contributed by atoms with van der Waals surface area (Å²) in [5.41, 5.74) is 5.38. The van der Waals surface area contributed by atoms with Crippen LogP contribution in [0.4, 0.5) is 0 Å². The second-order valence-corrected chi connectivity index (χ2v) is 4.85. The van der Waals surface area contributed by atoms with Gasteiger partial charge in [-0.05, 0) is 31.6 Å². The molecule has 0 aliphatic heterocycles. The van der Waals surface area contributed by atoms with Gasteiger partial charge in [-0.25, -0.2) is 0 Å². The van der Waals surface area contributed by atoms with Crippen molar-refractivity contribution in [3.8, 4) is 0 Å². The Hall–Kier alpha value is -0.570. The van der Waals surface area contributed by atoms with E-state index in [2.05, 4.69) is 5.32 Å². The van der Waals surface area contributed by atoms with Crippen molar-refractivity contribution in [3.63, 3.8) is 0 Å². The maximum absolute atomic E-state index is 11.6. The van der Waals surface area contributed by atoms with Gasteiger partial charge in [0.1, 0.15) is 0 Å². The van der Waals surface area contributed by atoms with Crippen LogP contribution < -0.4 is 11.1 Å². The Kier molecular flexibility index (Phi) is 2.77. The summed E-state index contributed by atoms with van der Waals surface area (Å²) in [4.78, 5) is 11.6. The molecule has 0 bridgehead atoms. The van der Waals surface area contributed by atoms with Gasteiger partial charge in [0.2, 0.25) is 5.91 Å². The van der Waals surface area contributed by atoms with Crippen molar-refractivity contribution in [1.29, 1.82) is 0 Å². The second-order valence-electron chi connectivity index (χ2n) is 4.85. The summed E-state index contributed by atoms with van der Waals surface area (Å²) in [5.74, 6) is 0.938. The van der Waals surface area contributed by atoms with Crippen molar-refractivity contribution in [2.24, 2.45) is 11.7 Å². The normalized spacial score (nSPS) is 24.9. The average molecular weight is 196 g/mol. The highest BCUT2D eigenvalue weighted by molar-refractivity contribution is 5.86. The smallest absolute Gasteiger partial charge is 0.240 e. The van der Waals surface area contributed by atoms with Crippen LogP contribution >= 0.6 is 0 Å². The Morgan fingerprint density at radius 3 is 2.50 bits per heavy atom. The Labute approximate surface area is 85.4 Å². The van der Waals surface area contributed by atoms with E-state index in [4.69, 9.17) is 5.73 Å². The molecule has 2 rings (SSSR count). The van der Waals surface area contributed by atoms with Crippen LogP contribution in [0.5, 0.6) is 0 Å². The van der Waals surface area contributed by atoms with Crippen LogP contribution in [-0.4, -0.2) is 18.0 Å². The van der Waals surface area contributed by atoms with Crippen LogP contribution in [0.25, 0.3) is 0 Å². The number of nitrogens with one attached hydrogen (secondary N) is 1. The van der Waals surface area contributed by atoms with Gasteiger partial charge in [-0.1, -0.05) is 19.3 Å². The number of rotatable bonds is 4. The molecule has 0 unspecified atom stereocenters. The first kappa shape index (κ1) is 9.97. The Morgan fingerprint density at radius 1 is 1.36 bits per heavy atom. The van der Waals surface area contributed by atoms with Gasteiger partial charge >= 0.3 is 0 Å². The minimum Gasteiger partial charge on any atom is -0.354 e. The largest absolute Gasteiger partial charge is 0.354 e. The lowest BCUT2D eigenvalue weighted by Crippen LogP contribution is -2.58. The highest BCUT2D eigenvalue weighted by atomic mass is 16.2. The molecule has 14 heavy (non-hydrogen) atoms. The first-order chi connectivity index (χ1) is 6.71. The zero-order valence-electron chi connectivity index (χ0n) is 8.72. The van der Waals surface area contributed by atoms with Crippen molar-refractivity contribution >= 4 is 5.91 Å². The zero-order valence-corrected chi connectivity index (χ0v) is 8.72. The fourth-order valence-electron chi connectivity index (χ4n) is 2.13. The molecule has 0 atom stereocenters. The fourth-order valence-corrected chi connectivity index (χ4v) is 2.13. The molecule has 2 saturated carbocycles. The molecule has 0 heterocycles. The lowest BCUT2D eigenvalue weighted by atomic mass is 9.77. The monoisotopic (exact) mass is 196 g/mol. The summed E-state index contributed by atoms with van der Waals surface area (Å²) >= 11 is 0. The molecule has 2 aliphatic carbocycles. The Bertz CT molecular complexity index is 219. The first-order valence-corrected chi connectivity index (χ1v) is 5.78. The third-order valence-corrected chi connectivity index (χ3v) is 3.76. The molecule has 80 valence electrons. The number of carbonyl (C=O) groups excluding carboxylic acids is 1. The van der Waals surface area contributed by atoms with Gasteiger partial charge in [0.05, 0.1) is 5.54 Å². The molecular weight excluding hydrogens is 176 g/mol. The van der Waals surface area contributed by atoms with E-state index in [0.29, 0.717) is 0 Å². The summed E-state index contributed by atoms with van der Waals surface area (Å²) in [6.45, 7) is 0.822. The van der Waals surface area contributed by atoms with Gasteiger partial charge in [0.15, 0.2) is 0 Å². The molecular formula is C11H20N2O. The lowest BCUT2D eigenvalue weighted by Gasteiger charge is -2.36. The van der Waals surface area contributed by atoms with Crippen LogP contribution in [0.2, 0.25) is 0 Å². The Morgan fingerprint density at radius 2 is 2.07 bits per heavy atom. The highest BCUT2D eigenvalue weighted by Crippen LogP contribution is 2.30. The molecule has 0 aromatic carbocycles. The van der Waals surface area contributed by atoms with Gasteiger partial charge in [0.25, 0.3) is 0 Å². The van der Waals surface area contributed by atoms with Crippen molar-refractivity contribution in [2.45, 2.75) is 50.5 Å². The maximum Gasteiger partial charge on any atom is 0.240 e. The SMILES string of the molecule is NC1(C(=O)NCCC2CCC2)CCC1. The van der Waals surface area contributed by atoms with E-state index < -0.39 is 5.54 Å². The fraction of sp³-hybridized carbons (Fsp3) is 0.909. The lowest BCUT2D eigenvalue weighted by molar-refractivity contribution is -0.129. The van der Waals surface area contributed by atoms with E-state index >= 15 is 0 Å². The molecule has 3 heteroatoms. The molecule has 2 fully saturated rings. The minimum atomic E-state index is -0.514. The van der Waals surface area contributed by atoms with Gasteiger partial charge in [-0.15, -0.1) is 0 Å². The topological polar surface area (TPSA) is 55.1 Å². The zero-order chi connectivity index (χ0) is 10.0. The van der Waals surface area contributed by atoms with Gasteiger partial charge in [0, 0.05) is 6.54 Å². The molecule has 3 N–H and O–H groups in total. The number of carbonyl (C=O) groups is 1. The molecule has 1 amide bonds. The van der Waals surface area contributed by atoms with Crippen molar-refractivity contribution in [1.82, 2.24) is 5.32 Å². The molecule has 0 saturated heterocycles. The van der Waals surface area contributed by atoms with Gasteiger partial charge in [-0.3, -0.25) is 4.79 Å². The predicted octanol–water partition coefficient (Wildman–Crippen LogP) is 1.17. The van der Waals surface area contributed by atoms with Gasteiger partial charge < -0.3 is 11.1 Å². The number of amides is 1. The summed E-state index contributed by atoms with van der Waals surface area (Å²) < 4.78 is 0. The van der Waals surface area contributed by atoms with E-state index in [1.807, 2.05) is 0 Å². The second kappa shape index (κ2) is 3.89. The Balaban J connectivity index is 1.62. The third kappa shape index (κ3) is 1.92. The minimum absolute atomic E-state index is 0.0723. The first-order valence-electron chi connectivity index (χ1n) is 5.78. The summed E-state index contributed by atoms with van der Waals surface area (Å²) in [7, 11) is 0.